The van der Waals surface area contributed by atoms with Gasteiger partial charge in [-0.3, -0.25) is 9.59 Å². The molecule has 0 fully saturated rings. The number of amides is 2. The predicted molar refractivity (Wildman–Crippen MR) is 91.1 cm³/mol. The number of hydrogen-bond donors (Lipinski definition) is 2. The van der Waals surface area contributed by atoms with Crippen molar-refractivity contribution in [3.05, 3.63) is 64.1 Å². The monoisotopic (exact) mass is 360 g/mol. The van der Waals surface area contributed by atoms with Gasteiger partial charge in [0.05, 0.1) is 0 Å². The number of carbonyl (C=O) groups is 2. The highest BCUT2D eigenvalue weighted by molar-refractivity contribution is 9.10. The van der Waals surface area contributed by atoms with Crippen molar-refractivity contribution in [2.45, 2.75) is 19.9 Å². The Morgan fingerprint density at radius 3 is 1.91 bits per heavy atom. The summed E-state index contributed by atoms with van der Waals surface area (Å²) in [6.45, 7) is 3.81. The van der Waals surface area contributed by atoms with E-state index < -0.39 is 0 Å². The Hall–Kier alpha value is -2.14. The summed E-state index contributed by atoms with van der Waals surface area (Å²) in [6, 6.07) is 14.0. The van der Waals surface area contributed by atoms with Crippen LogP contribution in [0.3, 0.4) is 0 Å². The second-order valence-corrected chi connectivity index (χ2v) is 6.08. The molecule has 0 atom stereocenters. The van der Waals surface area contributed by atoms with E-state index in [9.17, 15) is 9.59 Å². The molecular weight excluding hydrogens is 344 g/mol. The molecule has 0 saturated carbocycles. The molecule has 2 aromatic carbocycles. The van der Waals surface area contributed by atoms with Gasteiger partial charge in [-0.1, -0.05) is 15.9 Å². The van der Waals surface area contributed by atoms with Crippen molar-refractivity contribution in [3.8, 4) is 0 Å². The van der Waals surface area contributed by atoms with Crippen molar-refractivity contribution in [1.82, 2.24) is 5.32 Å². The van der Waals surface area contributed by atoms with Gasteiger partial charge in [0.2, 0.25) is 0 Å². The molecule has 0 radical (unpaired) electrons. The molecule has 4 nitrogen and oxygen atoms in total. The van der Waals surface area contributed by atoms with Crippen LogP contribution in [0.4, 0.5) is 5.69 Å². The van der Waals surface area contributed by atoms with Crippen LogP contribution in [0.15, 0.2) is 53.0 Å². The molecule has 0 aliphatic heterocycles. The quantitative estimate of drug-likeness (QED) is 0.869. The minimum atomic E-state index is -0.188. The van der Waals surface area contributed by atoms with Gasteiger partial charge in [-0.05, 0) is 62.4 Å². The van der Waals surface area contributed by atoms with Gasteiger partial charge in [-0.25, -0.2) is 0 Å². The minimum Gasteiger partial charge on any atom is -0.350 e. The smallest absolute Gasteiger partial charge is 0.255 e. The Balaban J connectivity index is 2.03. The van der Waals surface area contributed by atoms with Crippen molar-refractivity contribution in [3.63, 3.8) is 0 Å². The van der Waals surface area contributed by atoms with Crippen LogP contribution < -0.4 is 10.6 Å². The van der Waals surface area contributed by atoms with Crippen LogP contribution >= 0.6 is 15.9 Å². The molecule has 0 aliphatic carbocycles. The Morgan fingerprint density at radius 2 is 1.36 bits per heavy atom. The van der Waals surface area contributed by atoms with Crippen molar-refractivity contribution >= 4 is 33.4 Å². The molecule has 22 heavy (non-hydrogen) atoms. The average Bonchev–Trinajstić information content (AvgIpc) is 2.48. The molecular formula is C17H17BrN2O2. The van der Waals surface area contributed by atoms with E-state index >= 15 is 0 Å². The van der Waals surface area contributed by atoms with E-state index in [1.54, 1.807) is 36.4 Å². The molecule has 0 heterocycles. The molecule has 114 valence electrons. The summed E-state index contributed by atoms with van der Waals surface area (Å²) in [5, 5.41) is 5.62. The number of carbonyl (C=O) groups excluding carboxylic acids is 2. The maximum atomic E-state index is 12.1. The highest BCUT2D eigenvalue weighted by Gasteiger charge is 2.08. The zero-order valence-corrected chi connectivity index (χ0v) is 14.0. The number of benzene rings is 2. The lowest BCUT2D eigenvalue weighted by Gasteiger charge is -2.09. The molecule has 2 rings (SSSR count). The van der Waals surface area contributed by atoms with Gasteiger partial charge in [-0.2, -0.15) is 0 Å². The van der Waals surface area contributed by atoms with Crippen LogP contribution in [0.1, 0.15) is 34.6 Å². The van der Waals surface area contributed by atoms with E-state index in [0.717, 1.165) is 4.47 Å². The molecule has 0 aromatic heterocycles. The Labute approximate surface area is 138 Å². The van der Waals surface area contributed by atoms with Gasteiger partial charge in [0.1, 0.15) is 0 Å². The van der Waals surface area contributed by atoms with E-state index in [1.807, 2.05) is 26.0 Å². The van der Waals surface area contributed by atoms with E-state index in [2.05, 4.69) is 26.6 Å². The zero-order chi connectivity index (χ0) is 16.1. The maximum absolute atomic E-state index is 12.1. The summed E-state index contributed by atoms with van der Waals surface area (Å²) in [5.41, 5.74) is 1.79. The van der Waals surface area contributed by atoms with Crippen LogP contribution in [-0.2, 0) is 0 Å². The summed E-state index contributed by atoms with van der Waals surface area (Å²) in [7, 11) is 0. The van der Waals surface area contributed by atoms with Crippen molar-refractivity contribution in [1.29, 1.82) is 0 Å². The van der Waals surface area contributed by atoms with E-state index in [-0.39, 0.29) is 17.9 Å². The van der Waals surface area contributed by atoms with Crippen LogP contribution in [0.25, 0.3) is 0 Å². The molecule has 5 heteroatoms. The number of halogens is 1. The van der Waals surface area contributed by atoms with Crippen LogP contribution in [0.2, 0.25) is 0 Å². The van der Waals surface area contributed by atoms with Gasteiger partial charge in [-0.15, -0.1) is 0 Å². The number of anilines is 1. The fourth-order valence-corrected chi connectivity index (χ4v) is 2.12. The molecule has 2 N–H and O–H groups in total. The largest absolute Gasteiger partial charge is 0.350 e. The lowest BCUT2D eigenvalue weighted by molar-refractivity contribution is 0.0942. The predicted octanol–water partition coefficient (Wildman–Crippen LogP) is 3.84. The van der Waals surface area contributed by atoms with Gasteiger partial charge in [0.15, 0.2) is 0 Å². The molecule has 0 unspecified atom stereocenters. The normalized spacial score (nSPS) is 10.4. The second-order valence-electron chi connectivity index (χ2n) is 5.17. The molecule has 2 aromatic rings. The standard InChI is InChI=1S/C17H17BrN2O2/c1-11(2)19-16(21)13-5-9-15(10-6-13)20-17(22)12-3-7-14(18)8-4-12/h3-11H,1-2H3,(H,19,21)(H,20,22). The van der Waals surface area contributed by atoms with Crippen molar-refractivity contribution in [2.75, 3.05) is 5.32 Å². The first-order valence-electron chi connectivity index (χ1n) is 6.93. The molecule has 0 bridgehead atoms. The first kappa shape index (κ1) is 16.2. The topological polar surface area (TPSA) is 58.2 Å². The number of rotatable bonds is 4. The third-order valence-electron chi connectivity index (χ3n) is 2.93. The van der Waals surface area contributed by atoms with Gasteiger partial charge >= 0.3 is 0 Å². The highest BCUT2D eigenvalue weighted by atomic mass is 79.9. The highest BCUT2D eigenvalue weighted by Crippen LogP contribution is 2.14. The first-order valence-corrected chi connectivity index (χ1v) is 7.73. The van der Waals surface area contributed by atoms with Crippen molar-refractivity contribution < 1.29 is 9.59 Å². The fraction of sp³-hybridized carbons (Fsp3) is 0.176. The Bertz CT molecular complexity index is 664. The summed E-state index contributed by atoms with van der Waals surface area (Å²) >= 11 is 3.33. The van der Waals surface area contributed by atoms with E-state index in [1.165, 1.54) is 0 Å². The van der Waals surface area contributed by atoms with Crippen LogP contribution in [0.5, 0.6) is 0 Å². The average molecular weight is 361 g/mol. The Kier molecular flexibility index (Phi) is 5.33. The number of nitrogens with one attached hydrogen (secondary N) is 2. The third-order valence-corrected chi connectivity index (χ3v) is 3.46. The molecule has 2 amide bonds. The summed E-state index contributed by atoms with van der Waals surface area (Å²) in [5.74, 6) is -0.312. The molecule has 0 aliphatic rings. The second kappa shape index (κ2) is 7.22. The van der Waals surface area contributed by atoms with Crippen molar-refractivity contribution in [2.24, 2.45) is 0 Å². The van der Waals surface area contributed by atoms with Gasteiger partial charge in [0, 0.05) is 27.3 Å². The first-order chi connectivity index (χ1) is 10.5. The lowest BCUT2D eigenvalue weighted by atomic mass is 10.1. The SMILES string of the molecule is CC(C)NC(=O)c1ccc(NC(=O)c2ccc(Br)cc2)cc1. The van der Waals surface area contributed by atoms with Gasteiger partial charge in [0.25, 0.3) is 11.8 Å². The number of hydrogen-bond acceptors (Lipinski definition) is 2. The summed E-state index contributed by atoms with van der Waals surface area (Å²) in [6.07, 6.45) is 0. The van der Waals surface area contributed by atoms with Crippen LogP contribution in [-0.4, -0.2) is 17.9 Å². The maximum Gasteiger partial charge on any atom is 0.255 e. The Morgan fingerprint density at radius 1 is 0.864 bits per heavy atom. The lowest BCUT2D eigenvalue weighted by Crippen LogP contribution is -2.30. The minimum absolute atomic E-state index is 0.0873. The summed E-state index contributed by atoms with van der Waals surface area (Å²) in [4.78, 5) is 23.9. The van der Waals surface area contributed by atoms with Crippen LogP contribution in [0, 0.1) is 0 Å². The molecule has 0 spiro atoms. The molecule has 0 saturated heterocycles. The third kappa shape index (κ3) is 4.43. The summed E-state index contributed by atoms with van der Waals surface area (Å²) < 4.78 is 0.921. The van der Waals surface area contributed by atoms with Gasteiger partial charge < -0.3 is 10.6 Å². The van der Waals surface area contributed by atoms with E-state index in [0.29, 0.717) is 16.8 Å². The fourth-order valence-electron chi connectivity index (χ4n) is 1.85. The zero-order valence-electron chi connectivity index (χ0n) is 12.4. The van der Waals surface area contributed by atoms with E-state index in [4.69, 9.17) is 0 Å².